The maximum absolute atomic E-state index is 5.75. The summed E-state index contributed by atoms with van der Waals surface area (Å²) in [6, 6.07) is 0. The quantitative estimate of drug-likeness (QED) is 0.263. The molecule has 0 radical (unpaired) electrons. The zero-order valence-corrected chi connectivity index (χ0v) is 51.1. The minimum absolute atomic E-state index is 0. The minimum atomic E-state index is 0. The molecule has 20 rings (SSSR count). The smallest absolute Gasteiger partial charge is 0.0194 e. The van der Waals surface area contributed by atoms with E-state index < -0.39 is 0 Å². The lowest BCUT2D eigenvalue weighted by molar-refractivity contribution is 0.504. The Kier molecular flexibility index (Phi) is 47.3. The maximum Gasteiger partial charge on any atom is 0.0194 e. The Bertz CT molecular complexity index is 881. The monoisotopic (exact) mass is 1090 g/mol. The van der Waals surface area contributed by atoms with Gasteiger partial charge in [0.15, 0.2) is 0 Å². The van der Waals surface area contributed by atoms with Crippen LogP contribution >= 0.6 is 0 Å². The van der Waals surface area contributed by atoms with Gasteiger partial charge in [0.1, 0.15) is 0 Å². The van der Waals surface area contributed by atoms with Crippen molar-refractivity contribution >= 4 is 0 Å². The Labute approximate surface area is 499 Å². The van der Waals surface area contributed by atoms with Crippen LogP contribution in [0.1, 0.15) is 431 Å². The van der Waals surface area contributed by atoms with E-state index in [0.717, 1.165) is 10.8 Å². The Morgan fingerprint density at radius 2 is 0.289 bits per heavy atom. The van der Waals surface area contributed by atoms with Crippen molar-refractivity contribution < 1.29 is 10.2 Å². The Morgan fingerprint density at radius 1 is 0.224 bits per heavy atom. The number of hydrogen-bond acceptors (Lipinski definition) is 0. The molecule has 0 nitrogen and oxygen atoms in total. The zero-order valence-electron chi connectivity index (χ0n) is 56.1. The molecule has 20 aliphatic rings. The number of fused-ring (bicyclic) bond motifs is 5. The fourth-order valence-corrected chi connectivity index (χ4v) is 5.96. The predicted octanol–water partition coefficient (Wildman–Crippen LogP) is 29.6. The standard InChI is InChI=1S/2C5H8.5C4H6.6C4H8.4C4H10.6CH4.4H2/c2*1-2-5(1)3-4-5;5*1-3-2-4(1)3;6*1-2-4-3-1;4*1-3-4-2;;;;;;;;;;/h2*1-4H2;5*3-4H,1-2H2;6*1-4H2;4*3-4H2,1-2H3;6*1H4;4*1H/i;;;;;;;;;;;;;;;;;1T;;;;;;2*1+2T;2*1+2. The molecular formula is C76H166. The molecule has 0 amide bonds. The van der Waals surface area contributed by atoms with Crippen LogP contribution in [-0.4, -0.2) is 0 Å². The van der Waals surface area contributed by atoms with Crippen LogP contribution < -0.4 is 0 Å². The highest BCUT2D eigenvalue weighted by atomic mass is 14.6. The first kappa shape index (κ1) is 74.0. The van der Waals surface area contributed by atoms with Crippen LogP contribution in [0.2, 0.25) is 0 Å². The Balaban J connectivity index is -0.000000146. The molecular weight excluding hydrogens is 913 g/mol. The van der Waals surface area contributed by atoms with Crippen LogP contribution in [0, 0.1) is 70.0 Å². The van der Waals surface area contributed by atoms with Crippen LogP contribution in [0.5, 0.6) is 0 Å². The fourth-order valence-electron chi connectivity index (χ4n) is 5.96. The van der Waals surface area contributed by atoms with Crippen molar-refractivity contribution in [3.63, 3.8) is 0 Å². The predicted molar refractivity (Wildman–Crippen MR) is 365 cm³/mol. The number of rotatable bonds is 4. The van der Waals surface area contributed by atoms with Gasteiger partial charge in [-0.1, -0.05) is 305 Å². The van der Waals surface area contributed by atoms with Crippen LogP contribution in [0.3, 0.4) is 0 Å². The molecule has 0 aromatic carbocycles. The average Bonchev–Trinajstić information content (AvgIpc) is 4.10. The Hall–Kier alpha value is 0. The second-order valence-corrected chi connectivity index (χ2v) is 27.4. The SMILES string of the molecule is C.C.C.C.C.C1C2CC12.C1C2CC12.C1C2CC12.C1C2CC12.C1C2CC12.C1CC12CC2.C1CC12CC2.C1CCC1.C1CCC1.C1CCC1.C1CCC1.C1CCC1.C1CCC1.CCCC.CCCC.CCCC.CCCC.[3HH].[3HH].[3H]C.[3H][3H].[3H][3H]. The van der Waals surface area contributed by atoms with Crippen molar-refractivity contribution in [2.24, 2.45) is 70.0 Å². The molecule has 20 saturated carbocycles. The summed E-state index contributed by atoms with van der Waals surface area (Å²) in [5.74, 6) is 12.5. The summed E-state index contributed by atoms with van der Waals surface area (Å²) in [6.07, 6.45) is 74.9. The van der Waals surface area contributed by atoms with E-state index in [-0.39, 0.29) is 40.0 Å². The van der Waals surface area contributed by atoms with E-state index in [1.54, 1.807) is 116 Å². The van der Waals surface area contributed by atoms with Gasteiger partial charge in [0.25, 0.3) is 0 Å². The van der Waals surface area contributed by atoms with Gasteiger partial charge >= 0.3 is 0 Å². The largest absolute Gasteiger partial charge is 0.0776 e. The van der Waals surface area contributed by atoms with Gasteiger partial charge in [-0.3, -0.25) is 0 Å². The second kappa shape index (κ2) is 48.5. The van der Waals surface area contributed by atoms with Crippen molar-refractivity contribution in [3.8, 4) is 0 Å². The van der Waals surface area contributed by atoms with E-state index in [4.69, 9.17) is 7.31 Å². The maximum atomic E-state index is 5.75. The molecule has 470 valence electrons. The van der Waals surface area contributed by atoms with Gasteiger partial charge in [0.05, 0.1) is 0 Å². The molecule has 76 heavy (non-hydrogen) atoms. The van der Waals surface area contributed by atoms with Gasteiger partial charge in [0.2, 0.25) is 0 Å². The second-order valence-electron chi connectivity index (χ2n) is 27.4. The topological polar surface area (TPSA) is 0 Å². The van der Waals surface area contributed by atoms with Crippen LogP contribution in [0.4, 0.5) is 0 Å². The third kappa shape index (κ3) is 50.9. The van der Waals surface area contributed by atoms with E-state index in [0.29, 0.717) is 0 Å². The summed E-state index contributed by atoms with van der Waals surface area (Å²) in [5, 5.41) is 0. The van der Waals surface area contributed by atoms with E-state index >= 15 is 0 Å². The van der Waals surface area contributed by atoms with E-state index in [1.807, 2.05) is 0 Å². The summed E-state index contributed by atoms with van der Waals surface area (Å²) < 4.78 is 25.8. The summed E-state index contributed by atoms with van der Waals surface area (Å²) in [7, 11) is 1.25. The van der Waals surface area contributed by atoms with Crippen molar-refractivity contribution in [2.45, 2.75) is 421 Å². The van der Waals surface area contributed by atoms with Gasteiger partial charge in [0, 0.05) is 10.2 Å². The first-order valence-corrected chi connectivity index (χ1v) is 34.3. The lowest BCUT2D eigenvalue weighted by Gasteiger charge is -2.05. The molecule has 0 saturated heterocycles. The molecule has 20 aliphatic carbocycles. The van der Waals surface area contributed by atoms with E-state index in [1.165, 1.54) is 272 Å². The molecule has 0 aromatic heterocycles. The highest BCUT2D eigenvalue weighted by Gasteiger charge is 2.55. The van der Waals surface area contributed by atoms with Crippen molar-refractivity contribution in [3.05, 3.63) is 0 Å². The minimum Gasteiger partial charge on any atom is -0.0776 e. The van der Waals surface area contributed by atoms with Crippen LogP contribution in [-0.2, 0) is 0 Å². The molecule has 0 heterocycles. The fraction of sp³-hybridized carbons (Fsp3) is 1.00. The summed E-state index contributed by atoms with van der Waals surface area (Å²) in [6.45, 7) is 17.4. The molecule has 0 N–H and O–H groups in total. The summed E-state index contributed by atoms with van der Waals surface area (Å²) >= 11 is 0. The van der Waals surface area contributed by atoms with E-state index in [9.17, 15) is 0 Å². The highest BCUT2D eigenvalue weighted by molar-refractivity contribution is 5.06. The molecule has 0 aromatic rings. The highest BCUT2D eigenvalue weighted by Crippen LogP contribution is 2.67. The zero-order chi connectivity index (χ0) is 56.1. The number of hydrogen-bond donors (Lipinski definition) is 0. The van der Waals surface area contributed by atoms with E-state index in [2.05, 4.69) is 55.4 Å². The lowest BCUT2D eigenvalue weighted by atomic mass is 10.0. The van der Waals surface area contributed by atoms with Gasteiger partial charge < -0.3 is 0 Å². The van der Waals surface area contributed by atoms with Crippen molar-refractivity contribution in [1.82, 2.24) is 0 Å². The van der Waals surface area contributed by atoms with Crippen LogP contribution in [0.25, 0.3) is 0 Å². The molecule has 2 spiro atoms. The third-order valence-corrected chi connectivity index (χ3v) is 19.2. The lowest BCUT2D eigenvalue weighted by Crippen LogP contribution is -1.85. The molecule has 0 unspecified atom stereocenters. The van der Waals surface area contributed by atoms with Crippen LogP contribution in [0.15, 0.2) is 0 Å². The normalized spacial score (nSPS) is 31.9. The van der Waals surface area contributed by atoms with Gasteiger partial charge in [-0.2, -0.15) is 0 Å². The van der Waals surface area contributed by atoms with Crippen molar-refractivity contribution in [1.29, 1.82) is 0 Å². The summed E-state index contributed by atoms with van der Waals surface area (Å²) in [5.41, 5.74) is 2.00. The first-order chi connectivity index (χ1) is 37.3. The van der Waals surface area contributed by atoms with Gasteiger partial charge in [-0.15, -0.1) is 0 Å². The summed E-state index contributed by atoms with van der Waals surface area (Å²) in [4.78, 5) is 0. The molecule has 20 fully saturated rings. The molecule has 0 bridgehead atoms. The molecule has 0 atom stereocenters. The number of unbranched alkanes of at least 4 members (excludes halogenated alkanes) is 4. The Morgan fingerprint density at radius 3 is 0.289 bits per heavy atom. The van der Waals surface area contributed by atoms with Gasteiger partial charge in [-0.05, 0) is 186 Å². The average molecular weight is 1090 g/mol. The molecule has 0 aliphatic heterocycles. The third-order valence-electron chi connectivity index (χ3n) is 19.2. The first-order valence-electron chi connectivity index (χ1n) is 37.3. The molecule has 0 heteroatoms. The van der Waals surface area contributed by atoms with Crippen molar-refractivity contribution in [2.75, 3.05) is 0 Å². The van der Waals surface area contributed by atoms with Gasteiger partial charge in [-0.25, -0.2) is 0 Å².